The van der Waals surface area contributed by atoms with Crippen LogP contribution in [0.15, 0.2) is 66.2 Å². The molecule has 4 rings (SSSR count). The van der Waals surface area contributed by atoms with E-state index in [-0.39, 0.29) is 5.97 Å². The van der Waals surface area contributed by atoms with Crippen LogP contribution in [0, 0.1) is 0 Å². The van der Waals surface area contributed by atoms with E-state index in [1.807, 2.05) is 13.0 Å². The molecular weight excluding hydrogens is 367 g/mol. The van der Waals surface area contributed by atoms with Crippen LogP contribution in [-0.2, 0) is 16.0 Å². The molecule has 0 saturated carbocycles. The molecular formula is C27H33BO2. The maximum absolute atomic E-state index is 13.3. The number of hydrogen-bond acceptors (Lipinski definition) is 2. The Morgan fingerprint density at radius 1 is 0.900 bits per heavy atom. The monoisotopic (exact) mass is 400 g/mol. The molecule has 2 aliphatic rings. The second kappa shape index (κ2) is 10.2. The first kappa shape index (κ1) is 21.0. The first-order valence-electron chi connectivity index (χ1n) is 11.8. The van der Waals surface area contributed by atoms with Crippen LogP contribution in [0.4, 0.5) is 0 Å². The van der Waals surface area contributed by atoms with Gasteiger partial charge in [-0.25, -0.2) is 4.79 Å². The van der Waals surface area contributed by atoms with E-state index in [9.17, 15) is 4.79 Å². The first-order valence-corrected chi connectivity index (χ1v) is 11.8. The van der Waals surface area contributed by atoms with E-state index < -0.39 is 0 Å². The number of carbonyl (C=O) groups is 1. The van der Waals surface area contributed by atoms with Gasteiger partial charge in [0, 0.05) is 5.57 Å². The highest BCUT2D eigenvalue weighted by Crippen LogP contribution is 2.51. The standard InChI is InChI=1S/C27H33BO2/c1-2-30-27(29)25(20-19-21-11-5-3-6-12-21)26(22-13-7-4-8-14-22)28-23-15-9-16-24(28)18-10-17-23/h3-8,11-14,23-24H,2,9-10,15-20H2,1H3/b26-25+. The average molecular weight is 400 g/mol. The molecule has 2 aromatic carbocycles. The number of hydrogen-bond donors (Lipinski definition) is 0. The van der Waals surface area contributed by atoms with Crippen molar-refractivity contribution in [2.75, 3.05) is 6.61 Å². The van der Waals surface area contributed by atoms with Crippen LogP contribution in [0.1, 0.15) is 63.0 Å². The van der Waals surface area contributed by atoms with Crippen LogP contribution in [0.25, 0.3) is 5.47 Å². The summed E-state index contributed by atoms with van der Waals surface area (Å²) in [5.74, 6) is 1.29. The quantitative estimate of drug-likeness (QED) is 0.291. The average Bonchev–Trinajstić information content (AvgIpc) is 2.77. The largest absolute Gasteiger partial charge is 0.463 e. The lowest BCUT2D eigenvalue weighted by Gasteiger charge is -2.42. The Morgan fingerprint density at radius 2 is 1.47 bits per heavy atom. The summed E-state index contributed by atoms with van der Waals surface area (Å²) >= 11 is 0. The molecule has 2 bridgehead atoms. The molecule has 0 aromatic heterocycles. The summed E-state index contributed by atoms with van der Waals surface area (Å²) in [7, 11) is 0. The van der Waals surface area contributed by atoms with Crippen molar-refractivity contribution in [3.05, 3.63) is 77.4 Å². The molecule has 2 saturated heterocycles. The minimum atomic E-state index is -0.115. The van der Waals surface area contributed by atoms with Crippen LogP contribution in [0.5, 0.6) is 0 Å². The molecule has 3 heteroatoms. The number of aryl methyl sites for hydroxylation is 1. The van der Waals surface area contributed by atoms with Gasteiger partial charge in [-0.3, -0.25) is 0 Å². The number of esters is 1. The Kier molecular flexibility index (Phi) is 7.09. The van der Waals surface area contributed by atoms with E-state index in [1.54, 1.807) is 0 Å². The third-order valence-electron chi connectivity index (χ3n) is 7.09. The van der Waals surface area contributed by atoms with E-state index in [0.717, 1.165) is 18.4 Å². The first-order chi connectivity index (χ1) is 14.8. The van der Waals surface area contributed by atoms with Gasteiger partial charge in [-0.05, 0) is 30.9 Å². The summed E-state index contributed by atoms with van der Waals surface area (Å²) < 4.78 is 5.61. The third-order valence-corrected chi connectivity index (χ3v) is 7.09. The van der Waals surface area contributed by atoms with Crippen molar-refractivity contribution in [2.45, 2.75) is 69.9 Å². The molecule has 0 amide bonds. The summed E-state index contributed by atoms with van der Waals surface area (Å²) in [6.45, 7) is 2.82. The van der Waals surface area contributed by atoms with E-state index in [2.05, 4.69) is 54.6 Å². The summed E-state index contributed by atoms with van der Waals surface area (Å²) in [6, 6.07) is 21.2. The summed E-state index contributed by atoms with van der Waals surface area (Å²) in [6.07, 6.45) is 9.48. The second-order valence-electron chi connectivity index (χ2n) is 8.87. The molecule has 0 radical (unpaired) electrons. The highest BCUT2D eigenvalue weighted by atomic mass is 16.5. The minimum Gasteiger partial charge on any atom is -0.463 e. The van der Waals surface area contributed by atoms with Gasteiger partial charge < -0.3 is 4.74 Å². The number of ether oxygens (including phenoxy) is 1. The third kappa shape index (κ3) is 4.72. The van der Waals surface area contributed by atoms with Gasteiger partial charge in [-0.1, -0.05) is 116 Å². The molecule has 2 fully saturated rings. The number of benzene rings is 2. The SMILES string of the molecule is CCOC(=O)/C(CCc1ccccc1)=C(/B1C2CCCC1CCC2)c1ccccc1. The van der Waals surface area contributed by atoms with Gasteiger partial charge >= 0.3 is 5.97 Å². The van der Waals surface area contributed by atoms with Gasteiger partial charge in [0.25, 0.3) is 0 Å². The lowest BCUT2D eigenvalue weighted by Crippen LogP contribution is -2.37. The van der Waals surface area contributed by atoms with E-state index in [0.29, 0.717) is 25.0 Å². The maximum atomic E-state index is 13.3. The zero-order valence-corrected chi connectivity index (χ0v) is 18.2. The minimum absolute atomic E-state index is 0.115. The molecule has 0 aliphatic carbocycles. The molecule has 0 atom stereocenters. The number of carbonyl (C=O) groups excluding carboxylic acids is 1. The van der Waals surface area contributed by atoms with Crippen LogP contribution in [-0.4, -0.2) is 19.3 Å². The molecule has 2 aromatic rings. The fourth-order valence-corrected chi connectivity index (χ4v) is 5.81. The van der Waals surface area contributed by atoms with Crippen LogP contribution in [0.3, 0.4) is 0 Å². The molecule has 0 spiro atoms. The topological polar surface area (TPSA) is 26.3 Å². The Balaban J connectivity index is 1.78. The zero-order valence-electron chi connectivity index (χ0n) is 18.2. The van der Waals surface area contributed by atoms with Crippen LogP contribution >= 0.6 is 0 Å². The molecule has 156 valence electrons. The molecule has 2 nitrogen and oxygen atoms in total. The summed E-state index contributed by atoms with van der Waals surface area (Å²) in [5.41, 5.74) is 4.70. The van der Waals surface area contributed by atoms with Crippen molar-refractivity contribution in [1.82, 2.24) is 0 Å². The van der Waals surface area contributed by atoms with Crippen molar-refractivity contribution in [3.63, 3.8) is 0 Å². The van der Waals surface area contributed by atoms with Gasteiger partial charge in [0.1, 0.15) is 0 Å². The summed E-state index contributed by atoms with van der Waals surface area (Å²) in [4.78, 5) is 13.3. The van der Waals surface area contributed by atoms with Gasteiger partial charge in [-0.15, -0.1) is 0 Å². The molecule has 2 aliphatic heterocycles. The smallest absolute Gasteiger partial charge is 0.333 e. The molecule has 0 N–H and O–H groups in total. The van der Waals surface area contributed by atoms with Gasteiger partial charge in [-0.2, -0.15) is 0 Å². The van der Waals surface area contributed by atoms with E-state index in [1.165, 1.54) is 55.1 Å². The highest BCUT2D eigenvalue weighted by Gasteiger charge is 2.43. The van der Waals surface area contributed by atoms with E-state index >= 15 is 0 Å². The number of rotatable bonds is 7. The van der Waals surface area contributed by atoms with Crippen LogP contribution in [0.2, 0.25) is 11.6 Å². The van der Waals surface area contributed by atoms with Gasteiger partial charge in [0.2, 0.25) is 0 Å². The van der Waals surface area contributed by atoms with E-state index in [4.69, 9.17) is 4.74 Å². The fraction of sp³-hybridized carbons (Fsp3) is 0.444. The Labute approximate surface area is 181 Å². The lowest BCUT2D eigenvalue weighted by atomic mass is 9.23. The predicted octanol–water partition coefficient (Wildman–Crippen LogP) is 6.78. The zero-order chi connectivity index (χ0) is 20.8. The molecule has 30 heavy (non-hydrogen) atoms. The molecule has 2 heterocycles. The Hall–Kier alpha value is -2.29. The van der Waals surface area contributed by atoms with Crippen molar-refractivity contribution < 1.29 is 9.53 Å². The van der Waals surface area contributed by atoms with Gasteiger partial charge in [0.05, 0.1) is 6.61 Å². The van der Waals surface area contributed by atoms with Crippen molar-refractivity contribution in [2.24, 2.45) is 0 Å². The van der Waals surface area contributed by atoms with Crippen LogP contribution < -0.4 is 0 Å². The highest BCUT2D eigenvalue weighted by molar-refractivity contribution is 6.82. The Bertz CT molecular complexity index is 837. The summed E-state index contributed by atoms with van der Waals surface area (Å²) in [5, 5.41) is 0. The van der Waals surface area contributed by atoms with Crippen molar-refractivity contribution in [1.29, 1.82) is 0 Å². The number of fused-ring (bicyclic) bond motifs is 2. The Morgan fingerprint density at radius 3 is 2.03 bits per heavy atom. The maximum Gasteiger partial charge on any atom is 0.333 e. The lowest BCUT2D eigenvalue weighted by molar-refractivity contribution is -0.138. The normalized spacial score (nSPS) is 21.7. The predicted molar refractivity (Wildman–Crippen MR) is 126 cm³/mol. The fourth-order valence-electron chi connectivity index (χ4n) is 5.81. The van der Waals surface area contributed by atoms with Crippen molar-refractivity contribution in [3.8, 4) is 0 Å². The molecule has 0 unspecified atom stereocenters. The second-order valence-corrected chi connectivity index (χ2v) is 8.87. The van der Waals surface area contributed by atoms with Gasteiger partial charge in [0.15, 0.2) is 6.71 Å². The van der Waals surface area contributed by atoms with Crippen molar-refractivity contribution >= 4 is 18.2 Å².